The van der Waals surface area contributed by atoms with Crippen LogP contribution in [-0.4, -0.2) is 22.0 Å². The van der Waals surface area contributed by atoms with Crippen LogP contribution in [0.25, 0.3) is 0 Å². The van der Waals surface area contributed by atoms with E-state index in [-0.39, 0.29) is 11.7 Å². The highest BCUT2D eigenvalue weighted by Gasteiger charge is 2.03. The van der Waals surface area contributed by atoms with Crippen LogP contribution < -0.4 is 5.32 Å². The zero-order valence-corrected chi connectivity index (χ0v) is 11.2. The second kappa shape index (κ2) is 7.49. The van der Waals surface area contributed by atoms with Crippen LogP contribution in [0.4, 0.5) is 0 Å². The second-order valence-electron chi connectivity index (χ2n) is 3.55. The highest BCUT2D eigenvalue weighted by atomic mass is 127. The zero-order valence-electron chi connectivity index (χ0n) is 9.08. The standard InChI is InChI=1S/C12H16INO2/c13-8-2-1-3-9-14-12(16)10-4-6-11(15)7-5-10/h4-7,15H,1-3,8-9H2,(H,14,16). The molecule has 0 spiro atoms. The largest absolute Gasteiger partial charge is 0.508 e. The number of halogens is 1. The normalized spacial score (nSPS) is 10.1. The van der Waals surface area contributed by atoms with Crippen molar-refractivity contribution in [3.05, 3.63) is 29.8 Å². The molecule has 0 saturated heterocycles. The molecule has 0 fully saturated rings. The average molecular weight is 333 g/mol. The Kier molecular flexibility index (Phi) is 6.22. The lowest BCUT2D eigenvalue weighted by molar-refractivity contribution is 0.0953. The third-order valence-corrected chi connectivity index (χ3v) is 2.99. The average Bonchev–Trinajstić information content (AvgIpc) is 2.29. The van der Waals surface area contributed by atoms with E-state index < -0.39 is 0 Å². The number of phenols is 1. The van der Waals surface area contributed by atoms with Crippen molar-refractivity contribution in [3.8, 4) is 5.75 Å². The van der Waals surface area contributed by atoms with E-state index in [0.717, 1.165) is 19.4 Å². The third-order valence-electron chi connectivity index (χ3n) is 2.23. The summed E-state index contributed by atoms with van der Waals surface area (Å²) in [6.45, 7) is 0.719. The van der Waals surface area contributed by atoms with Crippen molar-refractivity contribution in [1.82, 2.24) is 5.32 Å². The Balaban J connectivity index is 2.27. The van der Waals surface area contributed by atoms with Crippen molar-refractivity contribution in [3.63, 3.8) is 0 Å². The van der Waals surface area contributed by atoms with Gasteiger partial charge in [-0.25, -0.2) is 0 Å². The molecule has 88 valence electrons. The van der Waals surface area contributed by atoms with Gasteiger partial charge in [-0.15, -0.1) is 0 Å². The molecule has 1 amide bonds. The number of hydrogen-bond acceptors (Lipinski definition) is 2. The molecule has 1 aromatic carbocycles. The van der Waals surface area contributed by atoms with E-state index in [1.165, 1.54) is 23.0 Å². The molecule has 3 nitrogen and oxygen atoms in total. The Labute approximate surface area is 109 Å². The van der Waals surface area contributed by atoms with Crippen LogP contribution in [0.15, 0.2) is 24.3 Å². The maximum atomic E-state index is 11.6. The lowest BCUT2D eigenvalue weighted by Gasteiger charge is -2.04. The Morgan fingerprint density at radius 2 is 1.88 bits per heavy atom. The van der Waals surface area contributed by atoms with E-state index in [0.29, 0.717) is 5.56 Å². The van der Waals surface area contributed by atoms with Crippen molar-refractivity contribution >= 4 is 28.5 Å². The summed E-state index contributed by atoms with van der Waals surface area (Å²) in [5.41, 5.74) is 0.590. The lowest BCUT2D eigenvalue weighted by atomic mass is 10.2. The van der Waals surface area contributed by atoms with Gasteiger partial charge in [0.05, 0.1) is 0 Å². The minimum atomic E-state index is -0.0746. The number of carbonyl (C=O) groups is 1. The number of nitrogens with one attached hydrogen (secondary N) is 1. The smallest absolute Gasteiger partial charge is 0.251 e. The van der Waals surface area contributed by atoms with Crippen LogP contribution in [0.5, 0.6) is 5.75 Å². The first-order chi connectivity index (χ1) is 7.74. The maximum absolute atomic E-state index is 11.6. The molecule has 0 heterocycles. The number of phenolic OH excluding ortho intramolecular Hbond substituents is 1. The van der Waals surface area contributed by atoms with Gasteiger partial charge in [-0.2, -0.15) is 0 Å². The van der Waals surface area contributed by atoms with Gasteiger partial charge in [-0.3, -0.25) is 4.79 Å². The predicted octanol–water partition coefficient (Wildman–Crippen LogP) is 2.73. The molecule has 1 rings (SSSR count). The number of rotatable bonds is 6. The molecule has 4 heteroatoms. The molecule has 0 bridgehead atoms. The van der Waals surface area contributed by atoms with Gasteiger partial charge in [0.25, 0.3) is 5.91 Å². The number of aromatic hydroxyl groups is 1. The molecule has 0 saturated carbocycles. The van der Waals surface area contributed by atoms with E-state index in [1.807, 2.05) is 0 Å². The monoisotopic (exact) mass is 333 g/mol. The molecular formula is C12H16INO2. The number of benzene rings is 1. The van der Waals surface area contributed by atoms with E-state index >= 15 is 0 Å². The number of hydrogen-bond donors (Lipinski definition) is 2. The number of amides is 1. The molecule has 0 aliphatic carbocycles. The summed E-state index contributed by atoms with van der Waals surface area (Å²) < 4.78 is 1.17. The number of unbranched alkanes of at least 4 members (excludes halogenated alkanes) is 2. The summed E-state index contributed by atoms with van der Waals surface area (Å²) in [6, 6.07) is 6.28. The molecule has 16 heavy (non-hydrogen) atoms. The fourth-order valence-electron chi connectivity index (χ4n) is 1.31. The van der Waals surface area contributed by atoms with Crippen LogP contribution in [0.2, 0.25) is 0 Å². The zero-order chi connectivity index (χ0) is 11.8. The molecule has 0 atom stereocenters. The van der Waals surface area contributed by atoms with Crippen LogP contribution in [0.1, 0.15) is 29.6 Å². The SMILES string of the molecule is O=C(NCCCCCI)c1ccc(O)cc1. The molecule has 1 aromatic rings. The molecule has 0 radical (unpaired) electrons. The molecular weight excluding hydrogens is 317 g/mol. The van der Waals surface area contributed by atoms with Crippen molar-refractivity contribution in [2.45, 2.75) is 19.3 Å². The van der Waals surface area contributed by atoms with E-state index in [9.17, 15) is 4.79 Å². The van der Waals surface area contributed by atoms with Crippen LogP contribution in [0.3, 0.4) is 0 Å². The first kappa shape index (κ1) is 13.3. The highest BCUT2D eigenvalue weighted by molar-refractivity contribution is 14.1. The van der Waals surface area contributed by atoms with Gasteiger partial charge >= 0.3 is 0 Å². The molecule has 0 aliphatic rings. The van der Waals surface area contributed by atoms with Gasteiger partial charge in [0.1, 0.15) is 5.75 Å². The van der Waals surface area contributed by atoms with Crippen molar-refractivity contribution in [2.24, 2.45) is 0 Å². The van der Waals surface area contributed by atoms with Gasteiger partial charge in [-0.1, -0.05) is 29.0 Å². The summed E-state index contributed by atoms with van der Waals surface area (Å²) in [5, 5.41) is 11.9. The van der Waals surface area contributed by atoms with E-state index in [2.05, 4.69) is 27.9 Å². The van der Waals surface area contributed by atoms with Crippen LogP contribution >= 0.6 is 22.6 Å². The quantitative estimate of drug-likeness (QED) is 0.478. The Morgan fingerprint density at radius 3 is 2.50 bits per heavy atom. The summed E-state index contributed by atoms with van der Waals surface area (Å²) in [4.78, 5) is 11.6. The summed E-state index contributed by atoms with van der Waals surface area (Å²) in [6.07, 6.45) is 3.38. The Hall–Kier alpha value is -0.780. The van der Waals surface area contributed by atoms with Gasteiger partial charge < -0.3 is 10.4 Å². The summed E-state index contributed by atoms with van der Waals surface area (Å²) in [5.74, 6) is 0.105. The third kappa shape index (κ3) is 4.83. The highest BCUT2D eigenvalue weighted by Crippen LogP contribution is 2.09. The van der Waals surface area contributed by atoms with Crippen LogP contribution in [-0.2, 0) is 0 Å². The maximum Gasteiger partial charge on any atom is 0.251 e. The fraction of sp³-hybridized carbons (Fsp3) is 0.417. The van der Waals surface area contributed by atoms with Gasteiger partial charge in [-0.05, 0) is 41.5 Å². The van der Waals surface area contributed by atoms with Gasteiger partial charge in [0.15, 0.2) is 0 Å². The summed E-state index contributed by atoms with van der Waals surface area (Å²) >= 11 is 2.35. The summed E-state index contributed by atoms with van der Waals surface area (Å²) in [7, 11) is 0. The number of carbonyl (C=O) groups excluding carboxylic acids is 1. The van der Waals surface area contributed by atoms with E-state index in [4.69, 9.17) is 5.11 Å². The Bertz CT molecular complexity index is 324. The fourth-order valence-corrected chi connectivity index (χ4v) is 1.85. The Morgan fingerprint density at radius 1 is 1.19 bits per heavy atom. The van der Waals surface area contributed by atoms with Gasteiger partial charge in [0, 0.05) is 12.1 Å². The van der Waals surface area contributed by atoms with Crippen molar-refractivity contribution in [1.29, 1.82) is 0 Å². The van der Waals surface area contributed by atoms with Gasteiger partial charge in [0.2, 0.25) is 0 Å². The lowest BCUT2D eigenvalue weighted by Crippen LogP contribution is -2.24. The second-order valence-corrected chi connectivity index (χ2v) is 4.63. The molecule has 2 N–H and O–H groups in total. The van der Waals surface area contributed by atoms with Crippen LogP contribution in [0, 0.1) is 0 Å². The van der Waals surface area contributed by atoms with Crippen molar-refractivity contribution in [2.75, 3.05) is 11.0 Å². The minimum absolute atomic E-state index is 0.0746. The van der Waals surface area contributed by atoms with Crippen molar-refractivity contribution < 1.29 is 9.90 Å². The minimum Gasteiger partial charge on any atom is -0.508 e. The topological polar surface area (TPSA) is 49.3 Å². The first-order valence-corrected chi connectivity index (χ1v) is 6.90. The molecule has 0 aromatic heterocycles. The molecule has 0 unspecified atom stereocenters. The first-order valence-electron chi connectivity index (χ1n) is 5.37. The van der Waals surface area contributed by atoms with E-state index in [1.54, 1.807) is 12.1 Å². The molecule has 0 aliphatic heterocycles. The number of alkyl halides is 1. The predicted molar refractivity (Wildman–Crippen MR) is 73.2 cm³/mol.